The molecule has 0 bridgehead atoms. The van der Waals surface area contributed by atoms with Crippen LogP contribution in [0.15, 0.2) is 58.6 Å². The average Bonchev–Trinajstić information content (AvgIpc) is 2.79. The summed E-state index contributed by atoms with van der Waals surface area (Å²) >= 11 is 13.4. The second-order valence-corrected chi connectivity index (χ2v) is 9.30. The lowest BCUT2D eigenvalue weighted by Gasteiger charge is -2.15. The Balaban J connectivity index is 1.69. The summed E-state index contributed by atoms with van der Waals surface area (Å²) in [5.41, 5.74) is 3.78. The highest BCUT2D eigenvalue weighted by Gasteiger charge is 2.17. The van der Waals surface area contributed by atoms with Gasteiger partial charge >= 0.3 is 0 Å². The molecule has 0 fully saturated rings. The van der Waals surface area contributed by atoms with Crippen LogP contribution in [0, 0.1) is 20.8 Å². The van der Waals surface area contributed by atoms with Crippen molar-refractivity contribution in [3.8, 4) is 5.69 Å². The molecule has 2 aromatic heterocycles. The Hall–Kier alpha value is -2.87. The lowest BCUT2D eigenvalue weighted by atomic mass is 10.1. The molecule has 1 N–H and O–H groups in total. The van der Waals surface area contributed by atoms with Crippen LogP contribution in [0.2, 0.25) is 10.0 Å². The van der Waals surface area contributed by atoms with Crippen LogP contribution >= 0.6 is 35.0 Å². The number of hydrogen-bond acceptors (Lipinski definition) is 5. The number of fused-ring (bicyclic) bond motifs is 1. The van der Waals surface area contributed by atoms with Gasteiger partial charge in [0.05, 0.1) is 32.4 Å². The van der Waals surface area contributed by atoms with Crippen molar-refractivity contribution in [1.29, 1.82) is 0 Å². The maximum atomic E-state index is 13.4. The zero-order valence-corrected chi connectivity index (χ0v) is 20.5. The smallest absolute Gasteiger partial charge is 0.266 e. The molecule has 0 unspecified atom stereocenters. The summed E-state index contributed by atoms with van der Waals surface area (Å²) in [6, 6.07) is 13.0. The molecule has 6 nitrogen and oxygen atoms in total. The molecule has 0 atom stereocenters. The first-order valence-corrected chi connectivity index (χ1v) is 11.8. The third-order valence-corrected chi connectivity index (χ3v) is 6.91. The lowest BCUT2D eigenvalue weighted by molar-refractivity contribution is -0.113. The van der Waals surface area contributed by atoms with E-state index in [0.717, 1.165) is 16.8 Å². The molecule has 4 rings (SSSR count). The number of benzene rings is 2. The molecule has 0 radical (unpaired) electrons. The maximum absolute atomic E-state index is 13.4. The largest absolute Gasteiger partial charge is 0.309 e. The first-order valence-electron chi connectivity index (χ1n) is 10.1. The van der Waals surface area contributed by atoms with Crippen LogP contribution in [0.5, 0.6) is 0 Å². The number of nitrogens with one attached hydrogen (secondary N) is 1. The molecule has 9 heteroatoms. The highest BCUT2D eigenvalue weighted by Crippen LogP contribution is 2.29. The van der Waals surface area contributed by atoms with Crippen molar-refractivity contribution >= 4 is 57.6 Å². The number of nitrogens with zero attached hydrogens (tertiary/aromatic N) is 3. The third kappa shape index (κ3) is 4.76. The Labute approximate surface area is 205 Å². The lowest BCUT2D eigenvalue weighted by Crippen LogP contribution is -2.23. The molecule has 33 heavy (non-hydrogen) atoms. The molecule has 0 saturated heterocycles. The number of para-hydroxylation sites is 1. The molecule has 168 valence electrons. The summed E-state index contributed by atoms with van der Waals surface area (Å²) in [6.07, 6.45) is 1.44. The quantitative estimate of drug-likeness (QED) is 0.280. The van der Waals surface area contributed by atoms with Crippen LogP contribution < -0.4 is 10.9 Å². The van der Waals surface area contributed by atoms with E-state index in [1.807, 2.05) is 44.2 Å². The Morgan fingerprint density at radius 2 is 1.88 bits per heavy atom. The number of aryl methyl sites for hydroxylation is 2. The molecule has 0 aliphatic heterocycles. The van der Waals surface area contributed by atoms with Gasteiger partial charge < -0.3 is 5.32 Å². The molecular weight excluding hydrogens is 479 g/mol. The minimum atomic E-state index is -0.328. The number of amides is 1. The highest BCUT2D eigenvalue weighted by molar-refractivity contribution is 7.99. The molecule has 0 saturated carbocycles. The van der Waals surface area contributed by atoms with Crippen molar-refractivity contribution in [2.75, 3.05) is 11.1 Å². The van der Waals surface area contributed by atoms with Crippen LogP contribution in [0.3, 0.4) is 0 Å². The zero-order chi connectivity index (χ0) is 23.7. The van der Waals surface area contributed by atoms with Crippen LogP contribution in [0.1, 0.15) is 16.7 Å². The van der Waals surface area contributed by atoms with Gasteiger partial charge in [0.2, 0.25) is 5.91 Å². The Bertz CT molecular complexity index is 1450. The normalized spacial score (nSPS) is 11.1. The summed E-state index contributed by atoms with van der Waals surface area (Å²) in [4.78, 5) is 34.9. The van der Waals surface area contributed by atoms with Gasteiger partial charge in [-0.15, -0.1) is 0 Å². The number of pyridine rings is 1. The highest BCUT2D eigenvalue weighted by atomic mass is 35.5. The summed E-state index contributed by atoms with van der Waals surface area (Å²) in [6.45, 7) is 5.69. The summed E-state index contributed by atoms with van der Waals surface area (Å²) in [5.74, 6) is -0.0804. The molecule has 4 aromatic rings. The molecule has 0 spiro atoms. The van der Waals surface area contributed by atoms with Gasteiger partial charge in [-0.05, 0) is 50.1 Å². The van der Waals surface area contributed by atoms with Crippen LogP contribution in [0.25, 0.3) is 16.6 Å². The second kappa shape index (κ2) is 9.55. The van der Waals surface area contributed by atoms with E-state index in [0.29, 0.717) is 26.6 Å². The predicted octanol–water partition coefficient (Wildman–Crippen LogP) is 5.74. The van der Waals surface area contributed by atoms with Crippen LogP contribution in [-0.2, 0) is 4.79 Å². The minimum Gasteiger partial charge on any atom is -0.309 e. The van der Waals surface area contributed by atoms with E-state index in [2.05, 4.69) is 15.3 Å². The molecule has 1 amide bonds. The fraction of sp³-hybridized carbons (Fsp3) is 0.167. The first kappa shape index (κ1) is 23.3. The van der Waals surface area contributed by atoms with E-state index in [4.69, 9.17) is 23.2 Å². The molecule has 0 aliphatic carbocycles. The van der Waals surface area contributed by atoms with Gasteiger partial charge in [0.25, 0.3) is 5.56 Å². The van der Waals surface area contributed by atoms with E-state index >= 15 is 0 Å². The first-order chi connectivity index (χ1) is 15.8. The van der Waals surface area contributed by atoms with Crippen molar-refractivity contribution in [2.24, 2.45) is 0 Å². The van der Waals surface area contributed by atoms with E-state index in [9.17, 15) is 9.59 Å². The number of anilines is 1. The number of thioether (sulfide) groups is 1. The van der Waals surface area contributed by atoms with Crippen LogP contribution in [-0.4, -0.2) is 26.2 Å². The molecule has 0 aliphatic rings. The van der Waals surface area contributed by atoms with Crippen molar-refractivity contribution in [3.63, 3.8) is 0 Å². The Morgan fingerprint density at radius 1 is 1.12 bits per heavy atom. The van der Waals surface area contributed by atoms with Crippen molar-refractivity contribution < 1.29 is 4.79 Å². The van der Waals surface area contributed by atoms with Crippen LogP contribution in [0.4, 0.5) is 5.82 Å². The average molecular weight is 499 g/mol. The van der Waals surface area contributed by atoms with E-state index in [-0.39, 0.29) is 28.1 Å². The third-order valence-electron chi connectivity index (χ3n) is 5.13. The van der Waals surface area contributed by atoms with Gasteiger partial charge in [-0.25, -0.2) is 9.97 Å². The number of aromatic nitrogens is 3. The van der Waals surface area contributed by atoms with Gasteiger partial charge in [0.15, 0.2) is 11.0 Å². The van der Waals surface area contributed by atoms with Crippen molar-refractivity contribution in [3.05, 3.63) is 85.8 Å². The topological polar surface area (TPSA) is 76.9 Å². The fourth-order valence-corrected chi connectivity index (χ4v) is 4.62. The monoisotopic (exact) mass is 498 g/mol. The molecule has 2 heterocycles. The Kier molecular flexibility index (Phi) is 6.74. The maximum Gasteiger partial charge on any atom is 0.266 e. The van der Waals surface area contributed by atoms with Crippen molar-refractivity contribution in [2.45, 2.75) is 25.9 Å². The van der Waals surface area contributed by atoms with Gasteiger partial charge in [-0.2, -0.15) is 0 Å². The minimum absolute atomic E-state index is 0.00930. The van der Waals surface area contributed by atoms with Gasteiger partial charge in [-0.1, -0.05) is 64.8 Å². The SMILES string of the molecule is Cc1ccc(-n2c(SCC(=O)Nc3ncc(Cl)c(C)c3Cl)nc3ccccc3c2=O)c(C)c1. The second-order valence-electron chi connectivity index (χ2n) is 7.57. The number of carbonyl (C=O) groups is 1. The van der Waals surface area contributed by atoms with E-state index < -0.39 is 0 Å². The van der Waals surface area contributed by atoms with Gasteiger partial charge in [0, 0.05) is 6.20 Å². The van der Waals surface area contributed by atoms with Gasteiger partial charge in [-0.3, -0.25) is 14.2 Å². The number of rotatable bonds is 5. The Morgan fingerprint density at radius 3 is 2.64 bits per heavy atom. The fourth-order valence-electron chi connectivity index (χ4n) is 3.42. The van der Waals surface area contributed by atoms with Crippen molar-refractivity contribution in [1.82, 2.24) is 14.5 Å². The predicted molar refractivity (Wildman–Crippen MR) is 135 cm³/mol. The molecular formula is C24H20Cl2N4O2S. The summed E-state index contributed by atoms with van der Waals surface area (Å²) in [7, 11) is 0. The summed E-state index contributed by atoms with van der Waals surface area (Å²) < 4.78 is 1.56. The van der Waals surface area contributed by atoms with Gasteiger partial charge in [0.1, 0.15) is 0 Å². The molecule has 2 aromatic carbocycles. The standard InChI is InChI=1S/C24H20Cl2N4O2S/c1-13-8-9-19(14(2)10-13)30-23(32)16-6-4-5-7-18(16)28-24(30)33-12-20(31)29-22-21(26)15(3)17(25)11-27-22/h4-11H,12H2,1-3H3,(H,27,29,31). The van der Waals surface area contributed by atoms with E-state index in [1.165, 1.54) is 18.0 Å². The number of hydrogen-bond donors (Lipinski definition) is 1. The van der Waals surface area contributed by atoms with E-state index in [1.54, 1.807) is 23.6 Å². The number of carbonyl (C=O) groups excluding carboxylic acids is 1. The summed E-state index contributed by atoms with van der Waals surface area (Å²) in [5, 5.41) is 4.35. The zero-order valence-electron chi connectivity index (χ0n) is 18.1. The number of halogens is 2.